The number of unbranched alkanes of at least 4 members (excludes halogenated alkanes) is 1. The lowest BCUT2D eigenvalue weighted by Crippen LogP contribution is -2.33. The summed E-state index contributed by atoms with van der Waals surface area (Å²) in [6, 6.07) is 19.9. The number of alkyl halides is 3. The first-order chi connectivity index (χ1) is 17.0. The molecule has 0 fully saturated rings. The van der Waals surface area contributed by atoms with Crippen LogP contribution in [0.25, 0.3) is 10.8 Å². The SMILES string of the molecule is CC(C)c1cccc(C(C)C)c1NC(=O)NCC(CCCCC(F)(F)F)c1ccc2ccccc2c1. The zero-order valence-corrected chi connectivity index (χ0v) is 21.6. The average molecular weight is 499 g/mol. The van der Waals surface area contributed by atoms with Gasteiger partial charge in [-0.15, -0.1) is 0 Å². The molecule has 1 atom stereocenters. The molecule has 3 aromatic rings. The zero-order valence-electron chi connectivity index (χ0n) is 21.6. The lowest BCUT2D eigenvalue weighted by Gasteiger charge is -2.22. The summed E-state index contributed by atoms with van der Waals surface area (Å²) in [5.74, 6) is 0.412. The molecule has 0 aliphatic carbocycles. The van der Waals surface area contributed by atoms with Gasteiger partial charge in [-0.25, -0.2) is 4.79 Å². The number of carbonyl (C=O) groups is 1. The summed E-state index contributed by atoms with van der Waals surface area (Å²) < 4.78 is 38.0. The minimum absolute atomic E-state index is 0.0826. The van der Waals surface area contributed by atoms with Crippen LogP contribution in [0.15, 0.2) is 60.7 Å². The molecule has 36 heavy (non-hydrogen) atoms. The number of amides is 2. The van der Waals surface area contributed by atoms with E-state index in [1.807, 2.05) is 54.6 Å². The van der Waals surface area contributed by atoms with Crippen molar-refractivity contribution < 1.29 is 18.0 Å². The molecule has 0 saturated carbocycles. The fourth-order valence-electron chi connectivity index (χ4n) is 4.63. The quantitative estimate of drug-likeness (QED) is 0.269. The van der Waals surface area contributed by atoms with Crippen molar-refractivity contribution in [3.8, 4) is 0 Å². The number of nitrogens with one attached hydrogen (secondary N) is 2. The van der Waals surface area contributed by atoms with Gasteiger partial charge in [-0.2, -0.15) is 13.2 Å². The Morgan fingerprint density at radius 1 is 0.833 bits per heavy atom. The zero-order chi connectivity index (χ0) is 26.3. The number of benzene rings is 3. The maximum absolute atomic E-state index is 13.0. The van der Waals surface area contributed by atoms with E-state index in [0.717, 1.165) is 33.2 Å². The first kappa shape index (κ1) is 27.6. The third-order valence-corrected chi connectivity index (χ3v) is 6.63. The standard InChI is InChI=1S/C30H37F3N2O/c1-20(2)26-13-9-14-27(21(3)4)28(26)35-29(36)34-19-25(12-7-8-17-30(31,32)33)24-16-15-22-10-5-6-11-23(22)18-24/h5-6,9-11,13-16,18,20-21,25H,7-8,12,17,19H2,1-4H3,(H2,34,35,36). The minimum atomic E-state index is -4.14. The van der Waals surface area contributed by atoms with E-state index in [9.17, 15) is 18.0 Å². The van der Waals surface area contributed by atoms with Gasteiger partial charge in [-0.05, 0) is 52.1 Å². The van der Waals surface area contributed by atoms with Crippen LogP contribution in [0.2, 0.25) is 0 Å². The Balaban J connectivity index is 1.75. The summed E-state index contributed by atoms with van der Waals surface area (Å²) in [4.78, 5) is 13.0. The van der Waals surface area contributed by atoms with Crippen molar-refractivity contribution in [3.05, 3.63) is 77.4 Å². The van der Waals surface area contributed by atoms with E-state index in [0.29, 0.717) is 19.4 Å². The maximum Gasteiger partial charge on any atom is 0.389 e. The van der Waals surface area contributed by atoms with Gasteiger partial charge in [0.2, 0.25) is 0 Å². The highest BCUT2D eigenvalue weighted by Crippen LogP contribution is 2.33. The van der Waals surface area contributed by atoms with Gasteiger partial charge in [0.05, 0.1) is 0 Å². The molecule has 3 aromatic carbocycles. The van der Waals surface area contributed by atoms with E-state index in [1.54, 1.807) is 0 Å². The molecular weight excluding hydrogens is 461 g/mol. The van der Waals surface area contributed by atoms with E-state index in [4.69, 9.17) is 0 Å². The van der Waals surface area contributed by atoms with Crippen molar-refractivity contribution in [3.63, 3.8) is 0 Å². The molecule has 2 N–H and O–H groups in total. The Kier molecular flexibility index (Phi) is 9.41. The highest BCUT2D eigenvalue weighted by Gasteiger charge is 2.26. The minimum Gasteiger partial charge on any atom is -0.337 e. The first-order valence-corrected chi connectivity index (χ1v) is 12.8. The van der Waals surface area contributed by atoms with E-state index >= 15 is 0 Å². The number of fused-ring (bicyclic) bond motifs is 1. The van der Waals surface area contributed by atoms with Crippen LogP contribution in [-0.2, 0) is 0 Å². The van der Waals surface area contributed by atoms with Gasteiger partial charge in [0.15, 0.2) is 0 Å². The second-order valence-corrected chi connectivity index (χ2v) is 10.1. The second-order valence-electron chi connectivity index (χ2n) is 10.1. The average Bonchev–Trinajstić information content (AvgIpc) is 2.82. The third-order valence-electron chi connectivity index (χ3n) is 6.63. The Morgan fingerprint density at radius 3 is 2.08 bits per heavy atom. The Morgan fingerprint density at radius 2 is 1.47 bits per heavy atom. The van der Waals surface area contributed by atoms with Crippen LogP contribution >= 0.6 is 0 Å². The molecule has 0 aliphatic heterocycles. The number of hydrogen-bond donors (Lipinski definition) is 2. The normalized spacial score (nSPS) is 12.8. The van der Waals surface area contributed by atoms with Crippen molar-refractivity contribution in [2.45, 2.75) is 77.3 Å². The molecule has 0 aromatic heterocycles. The van der Waals surface area contributed by atoms with Gasteiger partial charge < -0.3 is 10.6 Å². The van der Waals surface area contributed by atoms with Gasteiger partial charge in [0.25, 0.3) is 0 Å². The number of para-hydroxylation sites is 1. The van der Waals surface area contributed by atoms with Gasteiger partial charge >= 0.3 is 12.2 Å². The number of hydrogen-bond acceptors (Lipinski definition) is 1. The number of halogens is 3. The Labute approximate surface area is 212 Å². The molecule has 194 valence electrons. The van der Waals surface area contributed by atoms with Crippen LogP contribution in [0.4, 0.5) is 23.7 Å². The van der Waals surface area contributed by atoms with Crippen LogP contribution in [-0.4, -0.2) is 18.8 Å². The van der Waals surface area contributed by atoms with E-state index < -0.39 is 12.6 Å². The van der Waals surface area contributed by atoms with Gasteiger partial charge in [0, 0.05) is 24.6 Å². The fourth-order valence-corrected chi connectivity index (χ4v) is 4.63. The van der Waals surface area contributed by atoms with Crippen molar-refractivity contribution >= 4 is 22.5 Å². The second kappa shape index (κ2) is 12.3. The van der Waals surface area contributed by atoms with Gasteiger partial charge in [0.1, 0.15) is 0 Å². The highest BCUT2D eigenvalue weighted by molar-refractivity contribution is 5.91. The smallest absolute Gasteiger partial charge is 0.337 e. The highest BCUT2D eigenvalue weighted by atomic mass is 19.4. The van der Waals surface area contributed by atoms with Gasteiger partial charge in [-0.1, -0.05) is 94.8 Å². The number of urea groups is 1. The predicted octanol–water partition coefficient (Wildman–Crippen LogP) is 9.11. The summed E-state index contributed by atoms with van der Waals surface area (Å²) in [6.45, 7) is 8.73. The number of rotatable bonds is 10. The summed E-state index contributed by atoms with van der Waals surface area (Å²) in [5, 5.41) is 8.24. The van der Waals surface area contributed by atoms with E-state index in [1.165, 1.54) is 0 Å². The molecule has 2 amide bonds. The molecule has 6 heteroatoms. The monoisotopic (exact) mass is 498 g/mol. The van der Waals surface area contributed by atoms with Crippen molar-refractivity contribution in [2.75, 3.05) is 11.9 Å². The van der Waals surface area contributed by atoms with Crippen molar-refractivity contribution in [1.29, 1.82) is 0 Å². The van der Waals surface area contributed by atoms with Crippen LogP contribution in [0.1, 0.15) is 87.8 Å². The molecule has 3 rings (SSSR count). The lowest BCUT2D eigenvalue weighted by molar-refractivity contribution is -0.135. The fraction of sp³-hybridized carbons (Fsp3) is 0.433. The maximum atomic E-state index is 13.0. The lowest BCUT2D eigenvalue weighted by atomic mass is 9.91. The van der Waals surface area contributed by atoms with Crippen molar-refractivity contribution in [2.24, 2.45) is 0 Å². The molecule has 0 bridgehead atoms. The Bertz CT molecular complexity index is 1130. The molecule has 1 unspecified atom stereocenters. The summed E-state index contributed by atoms with van der Waals surface area (Å²) >= 11 is 0. The summed E-state index contributed by atoms with van der Waals surface area (Å²) in [6.07, 6.45) is -3.84. The van der Waals surface area contributed by atoms with Crippen molar-refractivity contribution in [1.82, 2.24) is 5.32 Å². The molecule has 0 aliphatic rings. The topological polar surface area (TPSA) is 41.1 Å². The third kappa shape index (κ3) is 7.74. The predicted molar refractivity (Wildman–Crippen MR) is 143 cm³/mol. The molecule has 0 radical (unpaired) electrons. The largest absolute Gasteiger partial charge is 0.389 e. The van der Waals surface area contributed by atoms with E-state index in [-0.39, 0.29) is 30.2 Å². The molecule has 0 heterocycles. The Hall–Kier alpha value is -3.02. The molecular formula is C30H37F3N2O. The van der Waals surface area contributed by atoms with Crippen LogP contribution in [0.5, 0.6) is 0 Å². The number of carbonyl (C=O) groups excluding carboxylic acids is 1. The van der Waals surface area contributed by atoms with Crippen LogP contribution < -0.4 is 10.6 Å². The first-order valence-electron chi connectivity index (χ1n) is 12.8. The molecule has 3 nitrogen and oxygen atoms in total. The van der Waals surface area contributed by atoms with Crippen LogP contribution in [0, 0.1) is 0 Å². The summed E-state index contributed by atoms with van der Waals surface area (Å²) in [5.41, 5.74) is 4.02. The molecule has 0 spiro atoms. The van der Waals surface area contributed by atoms with E-state index in [2.05, 4.69) is 44.4 Å². The summed E-state index contributed by atoms with van der Waals surface area (Å²) in [7, 11) is 0. The molecule has 0 saturated heterocycles. The van der Waals surface area contributed by atoms with Crippen LogP contribution in [0.3, 0.4) is 0 Å². The van der Waals surface area contributed by atoms with Gasteiger partial charge in [-0.3, -0.25) is 0 Å². The number of anilines is 1.